The van der Waals surface area contributed by atoms with Crippen LogP contribution in [0.4, 0.5) is 5.82 Å². The number of benzene rings is 2. The largest absolute Gasteiger partial charge is 0.354 e. The molecule has 0 saturated carbocycles. The van der Waals surface area contributed by atoms with Crippen LogP contribution in [0.25, 0.3) is 5.69 Å². The predicted octanol–water partition coefficient (Wildman–Crippen LogP) is 2.79. The average molecular weight is 305 g/mol. The van der Waals surface area contributed by atoms with Crippen molar-refractivity contribution in [1.82, 2.24) is 9.55 Å². The second-order valence-corrected chi connectivity index (χ2v) is 5.08. The summed E-state index contributed by atoms with van der Waals surface area (Å²) in [4.78, 5) is 28.4. The van der Waals surface area contributed by atoms with E-state index in [1.165, 1.54) is 4.57 Å². The van der Waals surface area contributed by atoms with E-state index in [0.717, 1.165) is 5.69 Å². The van der Waals surface area contributed by atoms with Crippen molar-refractivity contribution in [3.8, 4) is 5.69 Å². The van der Waals surface area contributed by atoms with E-state index in [0.29, 0.717) is 11.1 Å². The van der Waals surface area contributed by atoms with Crippen molar-refractivity contribution < 1.29 is 4.79 Å². The second-order valence-electron chi connectivity index (χ2n) is 5.08. The Labute approximate surface area is 133 Å². The minimum Gasteiger partial charge on any atom is -0.306 e. The number of amides is 1. The van der Waals surface area contributed by atoms with Crippen molar-refractivity contribution >= 4 is 11.7 Å². The van der Waals surface area contributed by atoms with Gasteiger partial charge in [-0.1, -0.05) is 36.4 Å². The number of carbonyl (C=O) groups is 1. The first-order valence-electron chi connectivity index (χ1n) is 7.17. The van der Waals surface area contributed by atoms with Crippen LogP contribution in [0.15, 0.2) is 71.7 Å². The second kappa shape index (κ2) is 6.27. The molecule has 0 saturated heterocycles. The fraction of sp³-hybridized carbons (Fsp3) is 0.0556. The molecule has 5 heteroatoms. The highest BCUT2D eigenvalue weighted by Crippen LogP contribution is 2.12. The number of para-hydroxylation sites is 1. The van der Waals surface area contributed by atoms with E-state index in [-0.39, 0.29) is 11.7 Å². The molecule has 114 valence electrons. The van der Waals surface area contributed by atoms with Gasteiger partial charge in [0.1, 0.15) is 5.82 Å². The summed E-state index contributed by atoms with van der Waals surface area (Å²) in [5, 5.41) is 2.68. The first-order chi connectivity index (χ1) is 11.1. The van der Waals surface area contributed by atoms with Crippen molar-refractivity contribution in [2.75, 3.05) is 5.32 Å². The quantitative estimate of drug-likeness (QED) is 0.809. The highest BCUT2D eigenvalue weighted by Gasteiger charge is 2.11. The van der Waals surface area contributed by atoms with Crippen LogP contribution in [0.2, 0.25) is 0 Å². The maximum atomic E-state index is 12.2. The minimum atomic E-state index is -0.440. The number of nitrogens with zero attached hydrogens (tertiary/aromatic N) is 2. The van der Waals surface area contributed by atoms with E-state index in [1.807, 2.05) is 36.4 Å². The van der Waals surface area contributed by atoms with Gasteiger partial charge < -0.3 is 5.32 Å². The summed E-state index contributed by atoms with van der Waals surface area (Å²) in [6.07, 6.45) is 1.67. The van der Waals surface area contributed by atoms with E-state index < -0.39 is 5.69 Å². The molecule has 2 aromatic carbocycles. The van der Waals surface area contributed by atoms with Gasteiger partial charge in [0.05, 0.1) is 5.69 Å². The van der Waals surface area contributed by atoms with Gasteiger partial charge in [0.2, 0.25) is 0 Å². The molecule has 0 radical (unpaired) electrons. The molecule has 0 aliphatic carbocycles. The third kappa shape index (κ3) is 3.18. The Morgan fingerprint density at radius 1 is 1.00 bits per heavy atom. The van der Waals surface area contributed by atoms with Crippen molar-refractivity contribution in [1.29, 1.82) is 0 Å². The van der Waals surface area contributed by atoms with Crippen LogP contribution in [-0.4, -0.2) is 15.5 Å². The molecule has 1 amide bonds. The summed E-state index contributed by atoms with van der Waals surface area (Å²) in [5.74, 6) is -0.0194. The summed E-state index contributed by atoms with van der Waals surface area (Å²) in [7, 11) is 0. The van der Waals surface area contributed by atoms with Gasteiger partial charge in [-0.15, -0.1) is 0 Å². The van der Waals surface area contributed by atoms with E-state index in [2.05, 4.69) is 10.3 Å². The monoisotopic (exact) mass is 305 g/mol. The molecule has 1 heterocycles. The smallest absolute Gasteiger partial charge is 0.306 e. The molecule has 0 fully saturated rings. The molecule has 5 nitrogen and oxygen atoms in total. The molecule has 1 aromatic heterocycles. The Morgan fingerprint density at radius 3 is 2.26 bits per heavy atom. The molecule has 0 aliphatic heterocycles. The van der Waals surface area contributed by atoms with Crippen LogP contribution >= 0.6 is 0 Å². The topological polar surface area (TPSA) is 64.0 Å². The number of aromatic nitrogens is 2. The lowest BCUT2D eigenvalue weighted by atomic mass is 10.2. The molecule has 3 aromatic rings. The number of nitrogens with one attached hydrogen (secondary N) is 1. The van der Waals surface area contributed by atoms with Crippen LogP contribution in [0.1, 0.15) is 15.9 Å². The summed E-state index contributed by atoms with van der Waals surface area (Å²) in [5.41, 5.74) is 1.51. The lowest BCUT2D eigenvalue weighted by Gasteiger charge is -2.10. The predicted molar refractivity (Wildman–Crippen MR) is 89.0 cm³/mol. The average Bonchev–Trinajstić information content (AvgIpc) is 2.59. The first kappa shape index (κ1) is 14.7. The van der Waals surface area contributed by atoms with Crippen molar-refractivity contribution in [3.63, 3.8) is 0 Å². The molecule has 23 heavy (non-hydrogen) atoms. The number of rotatable bonds is 3. The van der Waals surface area contributed by atoms with Gasteiger partial charge in [0.15, 0.2) is 0 Å². The van der Waals surface area contributed by atoms with Gasteiger partial charge in [-0.05, 0) is 31.2 Å². The fourth-order valence-corrected chi connectivity index (χ4v) is 2.22. The number of aryl methyl sites for hydroxylation is 1. The van der Waals surface area contributed by atoms with Crippen molar-refractivity contribution in [2.45, 2.75) is 6.92 Å². The third-order valence-electron chi connectivity index (χ3n) is 3.41. The summed E-state index contributed by atoms with van der Waals surface area (Å²) >= 11 is 0. The maximum absolute atomic E-state index is 12.2. The molecule has 0 bridgehead atoms. The summed E-state index contributed by atoms with van der Waals surface area (Å²) in [6, 6.07) is 18.0. The lowest BCUT2D eigenvalue weighted by molar-refractivity contribution is 0.102. The van der Waals surface area contributed by atoms with Crippen LogP contribution in [-0.2, 0) is 0 Å². The highest BCUT2D eigenvalue weighted by atomic mass is 16.2. The zero-order valence-corrected chi connectivity index (χ0v) is 12.6. The SMILES string of the molecule is Cc1cn(-c2ccccc2)c(=O)nc1NC(=O)c1ccccc1. The third-order valence-corrected chi connectivity index (χ3v) is 3.41. The molecule has 0 atom stereocenters. The Bertz CT molecular complexity index is 887. The van der Waals surface area contributed by atoms with Crippen molar-refractivity contribution in [3.05, 3.63) is 88.5 Å². The molecule has 3 rings (SSSR count). The Balaban J connectivity index is 1.92. The number of hydrogen-bond acceptors (Lipinski definition) is 3. The maximum Gasteiger partial charge on any atom is 0.354 e. The zero-order chi connectivity index (χ0) is 16.2. The Morgan fingerprint density at radius 2 is 1.61 bits per heavy atom. The van der Waals surface area contributed by atoms with Crippen molar-refractivity contribution in [2.24, 2.45) is 0 Å². The lowest BCUT2D eigenvalue weighted by Crippen LogP contribution is -2.25. The van der Waals surface area contributed by atoms with Crippen LogP contribution < -0.4 is 11.0 Å². The number of hydrogen-bond donors (Lipinski definition) is 1. The summed E-state index contributed by atoms with van der Waals surface area (Å²) < 4.78 is 1.45. The molecule has 1 N–H and O–H groups in total. The van der Waals surface area contributed by atoms with Gasteiger partial charge in [-0.25, -0.2) is 4.79 Å². The molecule has 0 aliphatic rings. The molecular formula is C18H15N3O2. The molecule has 0 spiro atoms. The minimum absolute atomic E-state index is 0.274. The number of anilines is 1. The standard InChI is InChI=1S/C18H15N3O2/c1-13-12-21(15-10-6-3-7-11-15)18(23)20-16(13)19-17(22)14-8-4-2-5-9-14/h2-12H,1H3,(H,19,20,22,23). The zero-order valence-electron chi connectivity index (χ0n) is 12.6. The van der Waals surface area contributed by atoms with Gasteiger partial charge >= 0.3 is 5.69 Å². The van der Waals surface area contributed by atoms with Crippen LogP contribution in [0.5, 0.6) is 0 Å². The van der Waals surface area contributed by atoms with Gasteiger partial charge in [0, 0.05) is 17.3 Å². The number of carbonyl (C=O) groups excluding carboxylic acids is 1. The van der Waals surface area contributed by atoms with E-state index >= 15 is 0 Å². The summed E-state index contributed by atoms with van der Waals surface area (Å²) in [6.45, 7) is 1.80. The molecular weight excluding hydrogens is 290 g/mol. The first-order valence-corrected chi connectivity index (χ1v) is 7.17. The van der Waals surface area contributed by atoms with Gasteiger partial charge in [-0.3, -0.25) is 9.36 Å². The van der Waals surface area contributed by atoms with Crippen LogP contribution in [0, 0.1) is 6.92 Å². The highest BCUT2D eigenvalue weighted by molar-refractivity contribution is 6.03. The van der Waals surface area contributed by atoms with Gasteiger partial charge in [0.25, 0.3) is 5.91 Å². The van der Waals surface area contributed by atoms with E-state index in [1.54, 1.807) is 37.4 Å². The fourth-order valence-electron chi connectivity index (χ4n) is 2.22. The van der Waals surface area contributed by atoms with E-state index in [4.69, 9.17) is 0 Å². The molecule has 0 unspecified atom stereocenters. The Hall–Kier alpha value is -3.21. The van der Waals surface area contributed by atoms with Crippen LogP contribution in [0.3, 0.4) is 0 Å². The van der Waals surface area contributed by atoms with E-state index in [9.17, 15) is 9.59 Å². The van der Waals surface area contributed by atoms with Gasteiger partial charge in [-0.2, -0.15) is 4.98 Å². The normalized spacial score (nSPS) is 10.3. The Kier molecular flexibility index (Phi) is 4.01.